The van der Waals surface area contributed by atoms with Crippen LogP contribution in [0.3, 0.4) is 0 Å². The van der Waals surface area contributed by atoms with Crippen LogP contribution in [0.5, 0.6) is 5.75 Å². The maximum atomic E-state index is 14.0. The van der Waals surface area contributed by atoms with Gasteiger partial charge in [-0.15, -0.1) is 0 Å². The maximum Gasteiger partial charge on any atom is 0.191 e. The van der Waals surface area contributed by atoms with Gasteiger partial charge < -0.3 is 20.3 Å². The number of nitrogens with one attached hydrogen (secondary N) is 2. The van der Waals surface area contributed by atoms with Crippen molar-refractivity contribution in [1.29, 1.82) is 0 Å². The molecule has 2 aliphatic rings. The van der Waals surface area contributed by atoms with Gasteiger partial charge in [0.2, 0.25) is 0 Å². The number of nitrogens with zero attached hydrogens (tertiary/aromatic N) is 3. The molecule has 1 aromatic carbocycles. The van der Waals surface area contributed by atoms with Gasteiger partial charge in [0, 0.05) is 44.5 Å². The number of anilines is 1. The van der Waals surface area contributed by atoms with Gasteiger partial charge in [-0.1, -0.05) is 18.2 Å². The topological polar surface area (TPSA) is 61.8 Å². The van der Waals surface area contributed by atoms with Gasteiger partial charge in [-0.2, -0.15) is 0 Å². The van der Waals surface area contributed by atoms with Crippen molar-refractivity contribution < 1.29 is 9.13 Å². The highest BCUT2D eigenvalue weighted by Crippen LogP contribution is 2.26. The lowest BCUT2D eigenvalue weighted by Crippen LogP contribution is -2.44. The Bertz CT molecular complexity index is 868. The third kappa shape index (κ3) is 5.01. The van der Waals surface area contributed by atoms with Crippen molar-refractivity contribution in [2.24, 2.45) is 4.99 Å². The van der Waals surface area contributed by atoms with E-state index in [-0.39, 0.29) is 11.9 Å². The van der Waals surface area contributed by atoms with E-state index in [1.165, 1.54) is 18.9 Å². The lowest BCUT2D eigenvalue weighted by atomic mass is 10.2. The first kappa shape index (κ1) is 20.4. The molecule has 0 radical (unpaired) electrons. The van der Waals surface area contributed by atoms with Crippen molar-refractivity contribution in [2.45, 2.75) is 50.8 Å². The first-order chi connectivity index (χ1) is 14.7. The Morgan fingerprint density at radius 3 is 2.83 bits per heavy atom. The van der Waals surface area contributed by atoms with Crippen molar-refractivity contribution in [1.82, 2.24) is 15.6 Å². The molecule has 1 saturated heterocycles. The predicted octanol–water partition coefficient (Wildman–Crippen LogP) is 3.49. The van der Waals surface area contributed by atoms with Crippen molar-refractivity contribution >= 4 is 11.8 Å². The van der Waals surface area contributed by atoms with Crippen molar-refractivity contribution in [3.8, 4) is 5.75 Å². The van der Waals surface area contributed by atoms with Crippen molar-refractivity contribution in [3.63, 3.8) is 0 Å². The third-order valence-electron chi connectivity index (χ3n) is 5.81. The number of para-hydroxylation sites is 1. The summed E-state index contributed by atoms with van der Waals surface area (Å²) in [6, 6.07) is 11.4. The van der Waals surface area contributed by atoms with Crippen LogP contribution in [0.15, 0.2) is 47.6 Å². The lowest BCUT2D eigenvalue weighted by Gasteiger charge is -2.21. The normalized spacial score (nSPS) is 19.9. The smallest absolute Gasteiger partial charge is 0.191 e. The SMILES string of the molecule is CN=C(NCc1ccccc1OC1CCCC1)NC1CCN(c2ncccc2F)C1. The summed E-state index contributed by atoms with van der Waals surface area (Å²) >= 11 is 0. The molecule has 1 unspecified atom stereocenters. The number of ether oxygens (including phenoxy) is 1. The van der Waals surface area contributed by atoms with E-state index in [0.29, 0.717) is 25.0 Å². The number of guanidine groups is 1. The summed E-state index contributed by atoms with van der Waals surface area (Å²) in [5.41, 5.74) is 1.12. The number of halogens is 1. The number of rotatable bonds is 6. The van der Waals surface area contributed by atoms with Crippen molar-refractivity contribution in [3.05, 3.63) is 54.0 Å². The molecule has 7 heteroatoms. The largest absolute Gasteiger partial charge is 0.490 e. The van der Waals surface area contributed by atoms with E-state index in [1.807, 2.05) is 23.1 Å². The zero-order valence-corrected chi connectivity index (χ0v) is 17.5. The van der Waals surface area contributed by atoms with E-state index in [4.69, 9.17) is 4.74 Å². The maximum absolute atomic E-state index is 14.0. The second-order valence-corrected chi connectivity index (χ2v) is 7.94. The monoisotopic (exact) mass is 411 g/mol. The van der Waals surface area contributed by atoms with Crippen LogP contribution in [0.4, 0.5) is 10.2 Å². The molecule has 2 N–H and O–H groups in total. The lowest BCUT2D eigenvalue weighted by molar-refractivity contribution is 0.208. The number of benzene rings is 1. The molecular formula is C23H30FN5O. The van der Waals surface area contributed by atoms with E-state index in [9.17, 15) is 4.39 Å². The van der Waals surface area contributed by atoms with Gasteiger partial charge >= 0.3 is 0 Å². The highest BCUT2D eigenvalue weighted by molar-refractivity contribution is 5.80. The minimum absolute atomic E-state index is 0.183. The average molecular weight is 412 g/mol. The molecule has 160 valence electrons. The van der Waals surface area contributed by atoms with E-state index >= 15 is 0 Å². The summed E-state index contributed by atoms with van der Waals surface area (Å²) in [6.07, 6.45) is 7.65. The highest BCUT2D eigenvalue weighted by atomic mass is 19.1. The van der Waals surface area contributed by atoms with Gasteiger partial charge in [-0.3, -0.25) is 4.99 Å². The van der Waals surface area contributed by atoms with Gasteiger partial charge in [0.05, 0.1) is 6.10 Å². The molecule has 1 aliphatic heterocycles. The zero-order chi connectivity index (χ0) is 20.8. The molecular weight excluding hydrogens is 381 g/mol. The second kappa shape index (κ2) is 9.78. The zero-order valence-electron chi connectivity index (χ0n) is 17.5. The Kier molecular flexibility index (Phi) is 6.67. The van der Waals surface area contributed by atoms with Crippen LogP contribution in [0.2, 0.25) is 0 Å². The summed E-state index contributed by atoms with van der Waals surface area (Å²) in [7, 11) is 1.77. The fourth-order valence-electron chi connectivity index (χ4n) is 4.20. The Morgan fingerprint density at radius 1 is 1.20 bits per heavy atom. The minimum Gasteiger partial charge on any atom is -0.490 e. The molecule has 2 heterocycles. The van der Waals surface area contributed by atoms with Gasteiger partial charge in [-0.05, 0) is 50.3 Å². The molecule has 1 aliphatic carbocycles. The Morgan fingerprint density at radius 2 is 2.03 bits per heavy atom. The number of hydrogen-bond acceptors (Lipinski definition) is 4. The number of hydrogen-bond donors (Lipinski definition) is 2. The van der Waals surface area contributed by atoms with Crippen LogP contribution in [0.25, 0.3) is 0 Å². The molecule has 0 bridgehead atoms. The standard InChI is InChI=1S/C23H30FN5O/c1-25-23(28-18-12-14-29(16-18)22-20(24)10-6-13-26-22)27-15-17-7-2-5-11-21(17)30-19-8-3-4-9-19/h2,5-7,10-11,13,18-19H,3-4,8-9,12,14-16H2,1H3,(H2,25,27,28). The Labute approximate surface area is 177 Å². The number of pyridine rings is 1. The summed E-state index contributed by atoms with van der Waals surface area (Å²) < 4.78 is 20.2. The average Bonchev–Trinajstić information content (AvgIpc) is 3.44. The summed E-state index contributed by atoms with van der Waals surface area (Å²) in [4.78, 5) is 10.5. The van der Waals surface area contributed by atoms with E-state index < -0.39 is 0 Å². The second-order valence-electron chi connectivity index (χ2n) is 7.94. The molecule has 0 spiro atoms. The first-order valence-electron chi connectivity index (χ1n) is 10.8. The molecule has 0 amide bonds. The van der Waals surface area contributed by atoms with E-state index in [0.717, 1.165) is 43.1 Å². The fraction of sp³-hybridized carbons (Fsp3) is 0.478. The summed E-state index contributed by atoms with van der Waals surface area (Å²) in [6.45, 7) is 2.09. The first-order valence-corrected chi connectivity index (χ1v) is 10.8. The van der Waals surface area contributed by atoms with E-state index in [2.05, 4.69) is 26.7 Å². The molecule has 2 fully saturated rings. The summed E-state index contributed by atoms with van der Waals surface area (Å²) in [5.74, 6) is 1.83. The van der Waals surface area contributed by atoms with Crippen LogP contribution >= 0.6 is 0 Å². The molecule has 1 atom stereocenters. The highest BCUT2D eigenvalue weighted by Gasteiger charge is 2.26. The minimum atomic E-state index is -0.278. The van der Waals surface area contributed by atoms with Gasteiger partial charge in [-0.25, -0.2) is 9.37 Å². The number of aliphatic imine (C=N–C) groups is 1. The predicted molar refractivity (Wildman–Crippen MR) is 117 cm³/mol. The van der Waals surface area contributed by atoms with Gasteiger partial charge in [0.15, 0.2) is 17.6 Å². The fourth-order valence-corrected chi connectivity index (χ4v) is 4.20. The molecule has 1 aromatic heterocycles. The molecule has 1 saturated carbocycles. The third-order valence-corrected chi connectivity index (χ3v) is 5.81. The van der Waals surface area contributed by atoms with Crippen LogP contribution < -0.4 is 20.3 Å². The molecule has 30 heavy (non-hydrogen) atoms. The Balaban J connectivity index is 1.31. The molecule has 2 aromatic rings. The Hall–Kier alpha value is -2.83. The quantitative estimate of drug-likeness (QED) is 0.563. The van der Waals surface area contributed by atoms with Gasteiger partial charge in [0.1, 0.15) is 5.75 Å². The molecule has 4 rings (SSSR count). The summed E-state index contributed by atoms with van der Waals surface area (Å²) in [5, 5.41) is 6.85. The number of aromatic nitrogens is 1. The van der Waals surface area contributed by atoms with Crippen LogP contribution in [-0.2, 0) is 6.54 Å². The molecule has 6 nitrogen and oxygen atoms in total. The van der Waals surface area contributed by atoms with Crippen LogP contribution in [-0.4, -0.2) is 43.2 Å². The van der Waals surface area contributed by atoms with Crippen LogP contribution in [0.1, 0.15) is 37.7 Å². The van der Waals surface area contributed by atoms with Crippen molar-refractivity contribution in [2.75, 3.05) is 25.0 Å². The van der Waals surface area contributed by atoms with E-state index in [1.54, 1.807) is 19.3 Å². The van der Waals surface area contributed by atoms with Gasteiger partial charge in [0.25, 0.3) is 0 Å². The van der Waals surface area contributed by atoms with Crippen LogP contribution in [0, 0.1) is 5.82 Å².